The minimum atomic E-state index is -0.190. The van der Waals surface area contributed by atoms with Crippen molar-refractivity contribution in [1.29, 1.82) is 0 Å². The van der Waals surface area contributed by atoms with E-state index in [9.17, 15) is 0 Å². The lowest BCUT2D eigenvalue weighted by atomic mass is 10.2. The zero-order valence-corrected chi connectivity index (χ0v) is 6.93. The molecule has 0 aliphatic rings. The number of rotatable bonds is 4. The number of halogens is 1. The van der Waals surface area contributed by atoms with Gasteiger partial charge in [0.05, 0.1) is 12.0 Å². The first-order valence-corrected chi connectivity index (χ1v) is 3.83. The van der Waals surface area contributed by atoms with E-state index in [1.807, 2.05) is 13.0 Å². The Labute approximate surface area is 66.7 Å². The van der Waals surface area contributed by atoms with Crippen molar-refractivity contribution in [3.05, 3.63) is 11.8 Å². The predicted octanol–water partition coefficient (Wildman–Crippen LogP) is 1.23. The molecule has 0 rings (SSSR count). The monoisotopic (exact) mass is 163 g/mol. The van der Waals surface area contributed by atoms with Crippen LogP contribution < -0.4 is 5.73 Å². The topological polar surface area (TPSA) is 46.2 Å². The normalized spacial score (nSPS) is 15.3. The molecule has 3 N–H and O–H groups in total. The zero-order valence-electron chi connectivity index (χ0n) is 6.18. The highest BCUT2D eigenvalue weighted by Crippen LogP contribution is 2.03. The molecule has 0 aromatic carbocycles. The van der Waals surface area contributed by atoms with Crippen LogP contribution in [0.2, 0.25) is 0 Å². The van der Waals surface area contributed by atoms with Crippen LogP contribution in [0.3, 0.4) is 0 Å². The van der Waals surface area contributed by atoms with Gasteiger partial charge in [-0.25, -0.2) is 0 Å². The third kappa shape index (κ3) is 4.65. The summed E-state index contributed by atoms with van der Waals surface area (Å²) in [7, 11) is 0. The Kier molecular flexibility index (Phi) is 5.45. The molecule has 0 fully saturated rings. The fraction of sp³-hybridized carbons (Fsp3) is 0.714. The summed E-state index contributed by atoms with van der Waals surface area (Å²) in [6, 6.07) is 0. The van der Waals surface area contributed by atoms with Gasteiger partial charge in [-0.05, 0) is 12.8 Å². The third-order valence-corrected chi connectivity index (χ3v) is 1.56. The summed E-state index contributed by atoms with van der Waals surface area (Å²) in [5.41, 5.74) is 6.33. The molecule has 0 bridgehead atoms. The van der Waals surface area contributed by atoms with E-state index in [-0.39, 0.29) is 12.0 Å². The predicted molar refractivity (Wildman–Crippen MR) is 43.9 cm³/mol. The second-order valence-electron chi connectivity index (χ2n) is 2.15. The van der Waals surface area contributed by atoms with Crippen molar-refractivity contribution in [2.45, 2.75) is 25.1 Å². The Bertz CT molecular complexity index is 114. The van der Waals surface area contributed by atoms with E-state index in [1.165, 1.54) is 0 Å². The van der Waals surface area contributed by atoms with Crippen LogP contribution in [0.1, 0.15) is 19.8 Å². The van der Waals surface area contributed by atoms with Gasteiger partial charge in [0.1, 0.15) is 0 Å². The highest BCUT2D eigenvalue weighted by molar-refractivity contribution is 6.20. The Balaban J connectivity index is 3.50. The largest absolute Gasteiger partial charge is 0.402 e. The fourth-order valence-electron chi connectivity index (χ4n) is 0.498. The highest BCUT2D eigenvalue weighted by atomic mass is 35.5. The molecule has 0 saturated carbocycles. The molecule has 60 valence electrons. The lowest BCUT2D eigenvalue weighted by molar-refractivity contribution is 0.293. The molecule has 0 aromatic rings. The summed E-state index contributed by atoms with van der Waals surface area (Å²) in [5, 5.41) is 8.33. The number of hydrogen-bond acceptors (Lipinski definition) is 2. The summed E-state index contributed by atoms with van der Waals surface area (Å²) in [6.07, 6.45) is 3.35. The number of aliphatic hydroxyl groups excluding tert-OH is 1. The van der Waals surface area contributed by atoms with Gasteiger partial charge in [0, 0.05) is 5.70 Å². The fourth-order valence-corrected chi connectivity index (χ4v) is 0.587. The van der Waals surface area contributed by atoms with Crippen LogP contribution in [0.25, 0.3) is 0 Å². The van der Waals surface area contributed by atoms with Gasteiger partial charge in [0.25, 0.3) is 0 Å². The van der Waals surface area contributed by atoms with Crippen molar-refractivity contribution < 1.29 is 5.11 Å². The molecular formula is C7H14ClNO. The third-order valence-electron chi connectivity index (χ3n) is 1.24. The molecule has 0 aliphatic heterocycles. The van der Waals surface area contributed by atoms with Crippen LogP contribution in [-0.2, 0) is 0 Å². The summed E-state index contributed by atoms with van der Waals surface area (Å²) in [4.78, 5) is 0. The van der Waals surface area contributed by atoms with E-state index in [0.29, 0.717) is 6.42 Å². The minimum Gasteiger partial charge on any atom is -0.402 e. The van der Waals surface area contributed by atoms with Gasteiger partial charge in [0.15, 0.2) is 0 Å². The minimum absolute atomic E-state index is 0.00898. The van der Waals surface area contributed by atoms with Gasteiger partial charge in [-0.1, -0.05) is 13.0 Å². The molecule has 0 aliphatic carbocycles. The smallest absolute Gasteiger partial charge is 0.0602 e. The molecule has 0 heterocycles. The van der Waals surface area contributed by atoms with E-state index in [1.54, 1.807) is 0 Å². The number of aliphatic hydroxyl groups is 1. The molecule has 2 nitrogen and oxygen atoms in total. The SMILES string of the molecule is CC/C(N)=C\CC(Cl)CO. The molecule has 1 unspecified atom stereocenters. The van der Waals surface area contributed by atoms with Crippen molar-refractivity contribution in [1.82, 2.24) is 0 Å². The maximum absolute atomic E-state index is 8.52. The number of hydrogen-bond donors (Lipinski definition) is 2. The Morgan fingerprint density at radius 1 is 1.80 bits per heavy atom. The standard InChI is InChI=1S/C7H14ClNO/c1-2-7(9)4-3-6(8)5-10/h4,6,10H,2-3,5,9H2,1H3/b7-4+. The van der Waals surface area contributed by atoms with Gasteiger partial charge in [-0.2, -0.15) is 0 Å². The molecule has 0 spiro atoms. The van der Waals surface area contributed by atoms with E-state index < -0.39 is 0 Å². The van der Waals surface area contributed by atoms with Gasteiger partial charge >= 0.3 is 0 Å². The Morgan fingerprint density at radius 3 is 2.80 bits per heavy atom. The lowest BCUT2D eigenvalue weighted by Crippen LogP contribution is -2.04. The lowest BCUT2D eigenvalue weighted by Gasteiger charge is -2.01. The highest BCUT2D eigenvalue weighted by Gasteiger charge is 1.98. The molecule has 0 radical (unpaired) electrons. The zero-order chi connectivity index (χ0) is 7.98. The van der Waals surface area contributed by atoms with E-state index in [0.717, 1.165) is 12.1 Å². The summed E-state index contributed by atoms with van der Waals surface area (Å²) < 4.78 is 0. The summed E-state index contributed by atoms with van der Waals surface area (Å²) >= 11 is 5.62. The van der Waals surface area contributed by atoms with Gasteiger partial charge < -0.3 is 10.8 Å². The number of allylic oxidation sites excluding steroid dienone is 2. The van der Waals surface area contributed by atoms with Crippen LogP contribution in [0, 0.1) is 0 Å². The van der Waals surface area contributed by atoms with Crippen LogP contribution in [-0.4, -0.2) is 17.1 Å². The van der Waals surface area contributed by atoms with Crippen molar-refractivity contribution in [3.8, 4) is 0 Å². The summed E-state index contributed by atoms with van der Waals surface area (Å²) in [5.74, 6) is 0. The molecule has 0 aromatic heterocycles. The molecule has 3 heteroatoms. The van der Waals surface area contributed by atoms with Crippen molar-refractivity contribution >= 4 is 11.6 Å². The van der Waals surface area contributed by atoms with Crippen molar-refractivity contribution in [2.75, 3.05) is 6.61 Å². The van der Waals surface area contributed by atoms with Gasteiger partial charge in [-0.3, -0.25) is 0 Å². The quantitative estimate of drug-likeness (QED) is 0.613. The average molecular weight is 164 g/mol. The second-order valence-corrected chi connectivity index (χ2v) is 2.77. The Hall–Kier alpha value is -0.210. The molecule has 1 atom stereocenters. The van der Waals surface area contributed by atoms with Crippen LogP contribution in [0.15, 0.2) is 11.8 Å². The van der Waals surface area contributed by atoms with Crippen LogP contribution in [0.5, 0.6) is 0 Å². The Morgan fingerprint density at radius 2 is 2.40 bits per heavy atom. The molecular weight excluding hydrogens is 150 g/mol. The van der Waals surface area contributed by atoms with E-state index in [4.69, 9.17) is 22.4 Å². The maximum Gasteiger partial charge on any atom is 0.0602 e. The maximum atomic E-state index is 8.52. The first-order chi connectivity index (χ1) is 4.70. The van der Waals surface area contributed by atoms with Crippen molar-refractivity contribution in [2.24, 2.45) is 5.73 Å². The van der Waals surface area contributed by atoms with E-state index >= 15 is 0 Å². The van der Waals surface area contributed by atoms with Crippen molar-refractivity contribution in [3.63, 3.8) is 0 Å². The average Bonchev–Trinajstić information content (AvgIpc) is 1.99. The van der Waals surface area contributed by atoms with Gasteiger partial charge in [-0.15, -0.1) is 11.6 Å². The van der Waals surface area contributed by atoms with Gasteiger partial charge in [0.2, 0.25) is 0 Å². The van der Waals surface area contributed by atoms with Crippen LogP contribution >= 0.6 is 11.6 Å². The first-order valence-electron chi connectivity index (χ1n) is 3.40. The second kappa shape index (κ2) is 5.57. The molecule has 0 saturated heterocycles. The molecule has 0 amide bonds. The molecule has 10 heavy (non-hydrogen) atoms. The number of nitrogens with two attached hydrogens (primary N) is 1. The first kappa shape index (κ1) is 9.79. The van der Waals surface area contributed by atoms with E-state index in [2.05, 4.69) is 0 Å². The number of alkyl halides is 1. The summed E-state index contributed by atoms with van der Waals surface area (Å²) in [6.45, 7) is 1.99. The van der Waals surface area contributed by atoms with Crippen LogP contribution in [0.4, 0.5) is 0 Å².